The number of carboxylic acids is 1. The second kappa shape index (κ2) is 5.04. The Bertz CT molecular complexity index is 353. The fraction of sp³-hybridized carbons (Fsp3) is 0.333. The van der Waals surface area contributed by atoms with Gasteiger partial charge in [-0.3, -0.25) is 4.79 Å². The lowest BCUT2D eigenvalue weighted by Crippen LogP contribution is -2.41. The van der Waals surface area contributed by atoms with Crippen LogP contribution in [0.4, 0.5) is 0 Å². The van der Waals surface area contributed by atoms with E-state index in [1.807, 2.05) is 0 Å². The van der Waals surface area contributed by atoms with Gasteiger partial charge in [0.2, 0.25) is 5.91 Å². The zero-order valence-corrected chi connectivity index (χ0v) is 8.17. The zero-order chi connectivity index (χ0) is 11.3. The van der Waals surface area contributed by atoms with E-state index in [2.05, 4.69) is 15.5 Å². The maximum atomic E-state index is 10.8. The second-order valence-electron chi connectivity index (χ2n) is 3.05. The minimum absolute atomic E-state index is 0.199. The Morgan fingerprint density at radius 1 is 1.53 bits per heavy atom. The largest absolute Gasteiger partial charge is 0.480 e. The Balaban J connectivity index is 2.67. The van der Waals surface area contributed by atoms with Gasteiger partial charge >= 0.3 is 5.97 Å². The zero-order valence-electron chi connectivity index (χ0n) is 8.17. The molecule has 0 aliphatic carbocycles. The highest BCUT2D eigenvalue weighted by Crippen LogP contribution is 2.00. The highest BCUT2D eigenvalue weighted by molar-refractivity contribution is 5.82. The normalized spacial score (nSPS) is 11.8. The van der Waals surface area contributed by atoms with Crippen molar-refractivity contribution in [2.75, 3.05) is 0 Å². The lowest BCUT2D eigenvalue weighted by Gasteiger charge is -2.12. The SMILES string of the molecule is CC(=O)NC(Cc1ccnnc1)C(=O)O. The highest BCUT2D eigenvalue weighted by Gasteiger charge is 2.18. The van der Waals surface area contributed by atoms with Gasteiger partial charge in [0.15, 0.2) is 0 Å². The predicted octanol–water partition coefficient (Wildman–Crippen LogP) is -0.392. The molecule has 1 atom stereocenters. The van der Waals surface area contributed by atoms with Crippen LogP contribution in [0.2, 0.25) is 0 Å². The quantitative estimate of drug-likeness (QED) is 0.704. The number of nitrogens with one attached hydrogen (secondary N) is 1. The molecule has 1 rings (SSSR count). The molecule has 0 aliphatic rings. The molecule has 2 N–H and O–H groups in total. The standard InChI is InChI=1S/C9H11N3O3/c1-6(13)12-8(9(14)15)4-7-2-3-10-11-5-7/h2-3,5,8H,4H2,1H3,(H,12,13)(H,14,15). The average molecular weight is 209 g/mol. The molecule has 6 nitrogen and oxygen atoms in total. The Labute approximate surface area is 86.3 Å². The summed E-state index contributed by atoms with van der Waals surface area (Å²) < 4.78 is 0. The first-order valence-electron chi connectivity index (χ1n) is 4.35. The smallest absolute Gasteiger partial charge is 0.326 e. The number of nitrogens with zero attached hydrogens (tertiary/aromatic N) is 2. The molecule has 0 saturated heterocycles. The van der Waals surface area contributed by atoms with E-state index in [-0.39, 0.29) is 12.3 Å². The summed E-state index contributed by atoms with van der Waals surface area (Å²) in [6, 6.07) is 0.733. The number of hydrogen-bond donors (Lipinski definition) is 2. The fourth-order valence-corrected chi connectivity index (χ4v) is 1.12. The number of carbonyl (C=O) groups excluding carboxylic acids is 1. The number of rotatable bonds is 4. The van der Waals surface area contributed by atoms with Gasteiger partial charge in [0.05, 0.1) is 6.20 Å². The van der Waals surface area contributed by atoms with Gasteiger partial charge in [-0.2, -0.15) is 10.2 Å². The summed E-state index contributed by atoms with van der Waals surface area (Å²) in [5, 5.41) is 18.4. The Morgan fingerprint density at radius 2 is 2.27 bits per heavy atom. The summed E-state index contributed by atoms with van der Waals surface area (Å²) in [6.07, 6.45) is 3.14. The molecule has 15 heavy (non-hydrogen) atoms. The number of aromatic nitrogens is 2. The van der Waals surface area contributed by atoms with Crippen molar-refractivity contribution in [3.63, 3.8) is 0 Å². The van der Waals surface area contributed by atoms with E-state index in [4.69, 9.17) is 5.11 Å². The summed E-state index contributed by atoms with van der Waals surface area (Å²) >= 11 is 0. The van der Waals surface area contributed by atoms with E-state index >= 15 is 0 Å². The number of hydrogen-bond acceptors (Lipinski definition) is 4. The first kappa shape index (κ1) is 11.1. The van der Waals surface area contributed by atoms with Gasteiger partial charge in [0.25, 0.3) is 0 Å². The fourth-order valence-electron chi connectivity index (χ4n) is 1.12. The maximum Gasteiger partial charge on any atom is 0.326 e. The van der Waals surface area contributed by atoms with Gasteiger partial charge in [-0.15, -0.1) is 0 Å². The molecule has 0 aliphatic heterocycles. The lowest BCUT2D eigenvalue weighted by molar-refractivity contribution is -0.141. The molecule has 1 unspecified atom stereocenters. The molecule has 0 spiro atoms. The number of aliphatic carboxylic acids is 1. The minimum Gasteiger partial charge on any atom is -0.480 e. The van der Waals surface area contributed by atoms with E-state index in [0.717, 1.165) is 0 Å². The third kappa shape index (κ3) is 3.72. The average Bonchev–Trinajstić information content (AvgIpc) is 2.17. The molecule has 1 aromatic rings. The molecular formula is C9H11N3O3. The van der Waals surface area contributed by atoms with Crippen LogP contribution in [0.3, 0.4) is 0 Å². The first-order chi connectivity index (χ1) is 7.09. The van der Waals surface area contributed by atoms with Crippen LogP contribution in [0.15, 0.2) is 18.5 Å². The summed E-state index contributed by atoms with van der Waals surface area (Å²) in [5.74, 6) is -1.44. The monoisotopic (exact) mass is 209 g/mol. The van der Waals surface area contributed by atoms with Crippen molar-refractivity contribution >= 4 is 11.9 Å². The van der Waals surface area contributed by atoms with Crippen molar-refractivity contribution in [1.82, 2.24) is 15.5 Å². The highest BCUT2D eigenvalue weighted by atomic mass is 16.4. The van der Waals surface area contributed by atoms with Crippen LogP contribution >= 0.6 is 0 Å². The van der Waals surface area contributed by atoms with Crippen LogP contribution in [0, 0.1) is 0 Å². The van der Waals surface area contributed by atoms with E-state index in [9.17, 15) is 9.59 Å². The van der Waals surface area contributed by atoms with E-state index in [0.29, 0.717) is 5.56 Å². The number of carboxylic acid groups (broad SMARTS) is 1. The maximum absolute atomic E-state index is 10.8. The lowest BCUT2D eigenvalue weighted by atomic mass is 10.1. The molecule has 0 radical (unpaired) electrons. The van der Waals surface area contributed by atoms with E-state index in [1.54, 1.807) is 6.07 Å². The molecule has 0 saturated carbocycles. The molecule has 80 valence electrons. The minimum atomic E-state index is -1.07. The number of amides is 1. The van der Waals surface area contributed by atoms with Crippen molar-refractivity contribution in [2.45, 2.75) is 19.4 Å². The topological polar surface area (TPSA) is 92.2 Å². The summed E-state index contributed by atoms with van der Waals surface area (Å²) in [7, 11) is 0. The van der Waals surface area contributed by atoms with E-state index < -0.39 is 12.0 Å². The molecule has 6 heteroatoms. The van der Waals surface area contributed by atoms with Crippen molar-refractivity contribution < 1.29 is 14.7 Å². The van der Waals surface area contributed by atoms with Crippen molar-refractivity contribution in [2.24, 2.45) is 0 Å². The van der Waals surface area contributed by atoms with Crippen molar-refractivity contribution in [3.05, 3.63) is 24.0 Å². The van der Waals surface area contributed by atoms with Gasteiger partial charge in [0, 0.05) is 19.5 Å². The van der Waals surface area contributed by atoms with E-state index in [1.165, 1.54) is 19.3 Å². The van der Waals surface area contributed by atoms with Crippen molar-refractivity contribution in [3.8, 4) is 0 Å². The summed E-state index contributed by atoms with van der Waals surface area (Å²) in [4.78, 5) is 21.5. The second-order valence-corrected chi connectivity index (χ2v) is 3.05. The van der Waals surface area contributed by atoms with Crippen LogP contribution in [0.5, 0.6) is 0 Å². The molecule has 1 amide bonds. The van der Waals surface area contributed by atoms with Gasteiger partial charge in [-0.05, 0) is 11.6 Å². The van der Waals surface area contributed by atoms with Crippen LogP contribution < -0.4 is 5.32 Å². The Morgan fingerprint density at radius 3 is 2.73 bits per heavy atom. The predicted molar refractivity (Wildman–Crippen MR) is 51.0 cm³/mol. The third-order valence-electron chi connectivity index (χ3n) is 1.76. The molecule has 1 heterocycles. The molecular weight excluding hydrogens is 198 g/mol. The van der Waals surface area contributed by atoms with Crippen LogP contribution in [-0.4, -0.2) is 33.2 Å². The molecule has 0 fully saturated rings. The van der Waals surface area contributed by atoms with Crippen LogP contribution in [-0.2, 0) is 16.0 Å². The van der Waals surface area contributed by atoms with Gasteiger partial charge in [0.1, 0.15) is 6.04 Å². The summed E-state index contributed by atoms with van der Waals surface area (Å²) in [6.45, 7) is 1.28. The molecule has 0 bridgehead atoms. The van der Waals surface area contributed by atoms with Gasteiger partial charge < -0.3 is 10.4 Å². The summed E-state index contributed by atoms with van der Waals surface area (Å²) in [5.41, 5.74) is 0.714. The van der Waals surface area contributed by atoms with Gasteiger partial charge in [-0.1, -0.05) is 0 Å². The van der Waals surface area contributed by atoms with Gasteiger partial charge in [-0.25, -0.2) is 4.79 Å². The number of carbonyl (C=O) groups is 2. The van der Waals surface area contributed by atoms with Crippen LogP contribution in [0.1, 0.15) is 12.5 Å². The van der Waals surface area contributed by atoms with Crippen molar-refractivity contribution in [1.29, 1.82) is 0 Å². The molecule has 0 aromatic carbocycles. The third-order valence-corrected chi connectivity index (χ3v) is 1.76. The first-order valence-corrected chi connectivity index (χ1v) is 4.35. The Hall–Kier alpha value is -1.98. The molecule has 1 aromatic heterocycles. The van der Waals surface area contributed by atoms with Crippen LogP contribution in [0.25, 0.3) is 0 Å². The Kier molecular flexibility index (Phi) is 3.73.